The van der Waals surface area contributed by atoms with Crippen LogP contribution in [0.2, 0.25) is 5.02 Å². The normalized spacial score (nSPS) is 9.79. The van der Waals surface area contributed by atoms with Crippen molar-refractivity contribution in [3.8, 4) is 5.75 Å². The van der Waals surface area contributed by atoms with Crippen LogP contribution in [0, 0.1) is 0 Å². The summed E-state index contributed by atoms with van der Waals surface area (Å²) in [4.78, 5) is 0. The lowest BCUT2D eigenvalue weighted by Gasteiger charge is -2.04. The zero-order valence-corrected chi connectivity index (χ0v) is 8.77. The quantitative estimate of drug-likeness (QED) is 0.682. The molecular formula is C10H9Cl2NO. The summed E-state index contributed by atoms with van der Waals surface area (Å²) in [6.07, 6.45) is 0. The summed E-state index contributed by atoms with van der Waals surface area (Å²) in [6, 6.07) is 8.79. The molecule has 2 rings (SSSR count). The van der Waals surface area contributed by atoms with Gasteiger partial charge in [0.05, 0.1) is 5.02 Å². The largest absolute Gasteiger partial charge is 0.506 e. The number of phenolic OH excluding ortho intramolecular Hbond substituents is 1. The summed E-state index contributed by atoms with van der Waals surface area (Å²) in [5.74, 6) is 0.0893. The second-order valence-electron chi connectivity index (χ2n) is 2.84. The van der Waals surface area contributed by atoms with Crippen molar-refractivity contribution in [3.63, 3.8) is 0 Å². The topological polar surface area (TPSA) is 46.2 Å². The highest BCUT2D eigenvalue weighted by atomic mass is 35.5. The maximum Gasteiger partial charge on any atom is 0.142 e. The summed E-state index contributed by atoms with van der Waals surface area (Å²) in [5.41, 5.74) is 6.36. The minimum atomic E-state index is 0. The first-order valence-electron chi connectivity index (χ1n) is 3.86. The van der Waals surface area contributed by atoms with Gasteiger partial charge < -0.3 is 10.8 Å². The molecule has 3 N–H and O–H groups in total. The van der Waals surface area contributed by atoms with E-state index in [0.29, 0.717) is 16.1 Å². The van der Waals surface area contributed by atoms with Gasteiger partial charge in [0.15, 0.2) is 0 Å². The number of phenols is 1. The molecular weight excluding hydrogens is 221 g/mol. The molecule has 0 bridgehead atoms. The standard InChI is InChI=1S/C10H8ClNO.ClH/c11-8-5-4-6-7(10(8)13)2-1-3-9(6)12;/h1-5,13H,12H2;1H. The predicted octanol–water partition coefficient (Wildman–Crippen LogP) is 3.20. The average molecular weight is 230 g/mol. The Kier molecular flexibility index (Phi) is 3.09. The molecule has 0 heterocycles. The van der Waals surface area contributed by atoms with Gasteiger partial charge >= 0.3 is 0 Å². The van der Waals surface area contributed by atoms with Gasteiger partial charge in [0.25, 0.3) is 0 Å². The molecule has 14 heavy (non-hydrogen) atoms. The van der Waals surface area contributed by atoms with Gasteiger partial charge in [-0.3, -0.25) is 0 Å². The Bertz CT molecular complexity index is 471. The molecule has 2 aromatic carbocycles. The van der Waals surface area contributed by atoms with Crippen molar-refractivity contribution in [2.45, 2.75) is 0 Å². The Balaban J connectivity index is 0.000000980. The van der Waals surface area contributed by atoms with Crippen LogP contribution in [0.25, 0.3) is 10.8 Å². The lowest BCUT2D eigenvalue weighted by Crippen LogP contribution is -1.86. The SMILES string of the molecule is Cl.Nc1cccc2c(O)c(Cl)ccc12. The summed E-state index contributed by atoms with van der Waals surface area (Å²) in [6.45, 7) is 0. The maximum absolute atomic E-state index is 9.60. The van der Waals surface area contributed by atoms with Crippen LogP contribution in [0.3, 0.4) is 0 Å². The molecule has 0 radical (unpaired) electrons. The molecule has 0 saturated heterocycles. The van der Waals surface area contributed by atoms with Gasteiger partial charge in [-0.2, -0.15) is 0 Å². The predicted molar refractivity (Wildman–Crippen MR) is 62.3 cm³/mol. The summed E-state index contributed by atoms with van der Waals surface area (Å²) in [7, 11) is 0. The second kappa shape index (κ2) is 3.95. The third kappa shape index (κ3) is 1.59. The molecule has 2 nitrogen and oxygen atoms in total. The molecule has 74 valence electrons. The van der Waals surface area contributed by atoms with Crippen molar-refractivity contribution in [3.05, 3.63) is 35.4 Å². The van der Waals surface area contributed by atoms with Crippen LogP contribution in [0.1, 0.15) is 0 Å². The first-order valence-corrected chi connectivity index (χ1v) is 4.23. The molecule has 4 heteroatoms. The lowest BCUT2D eigenvalue weighted by atomic mass is 10.1. The number of rotatable bonds is 0. The smallest absolute Gasteiger partial charge is 0.142 e. The molecule has 0 atom stereocenters. The Hall–Kier alpha value is -1.12. The van der Waals surface area contributed by atoms with Gasteiger partial charge in [-0.15, -0.1) is 12.4 Å². The Labute approximate surface area is 92.7 Å². The highest BCUT2D eigenvalue weighted by Crippen LogP contribution is 2.34. The average Bonchev–Trinajstić information content (AvgIpc) is 2.12. The van der Waals surface area contributed by atoms with E-state index < -0.39 is 0 Å². The van der Waals surface area contributed by atoms with Crippen LogP contribution >= 0.6 is 24.0 Å². The molecule has 0 spiro atoms. The summed E-state index contributed by atoms with van der Waals surface area (Å²) >= 11 is 5.75. The number of anilines is 1. The Morgan fingerprint density at radius 2 is 1.79 bits per heavy atom. The van der Waals surface area contributed by atoms with E-state index in [1.807, 2.05) is 0 Å². The van der Waals surface area contributed by atoms with E-state index >= 15 is 0 Å². The third-order valence-electron chi connectivity index (χ3n) is 2.02. The number of nitrogens with two attached hydrogens (primary N) is 1. The minimum absolute atomic E-state index is 0. The molecule has 0 amide bonds. The first kappa shape index (κ1) is 11.0. The zero-order chi connectivity index (χ0) is 9.42. The van der Waals surface area contributed by atoms with Gasteiger partial charge in [-0.1, -0.05) is 29.8 Å². The molecule has 0 saturated carbocycles. The van der Waals surface area contributed by atoms with E-state index in [-0.39, 0.29) is 18.2 Å². The number of aromatic hydroxyl groups is 1. The zero-order valence-electron chi connectivity index (χ0n) is 7.20. The number of benzene rings is 2. The molecule has 0 aliphatic rings. The molecule has 0 aliphatic heterocycles. The third-order valence-corrected chi connectivity index (χ3v) is 2.32. The van der Waals surface area contributed by atoms with E-state index in [2.05, 4.69) is 0 Å². The fourth-order valence-corrected chi connectivity index (χ4v) is 1.50. The summed E-state index contributed by atoms with van der Waals surface area (Å²) < 4.78 is 0. The lowest BCUT2D eigenvalue weighted by molar-refractivity contribution is 0.482. The van der Waals surface area contributed by atoms with E-state index in [1.54, 1.807) is 30.3 Å². The number of hydrogen-bond donors (Lipinski definition) is 2. The molecule has 2 aromatic rings. The van der Waals surface area contributed by atoms with Gasteiger partial charge in [0, 0.05) is 16.5 Å². The number of hydrogen-bond acceptors (Lipinski definition) is 2. The van der Waals surface area contributed by atoms with E-state index in [0.717, 1.165) is 5.39 Å². The van der Waals surface area contributed by atoms with Crippen LogP contribution < -0.4 is 5.73 Å². The fourth-order valence-electron chi connectivity index (χ4n) is 1.34. The molecule has 0 aromatic heterocycles. The first-order chi connectivity index (χ1) is 6.20. The van der Waals surface area contributed by atoms with Crippen LogP contribution in [-0.4, -0.2) is 5.11 Å². The molecule has 0 fully saturated rings. The minimum Gasteiger partial charge on any atom is -0.506 e. The fraction of sp³-hybridized carbons (Fsp3) is 0. The van der Waals surface area contributed by atoms with E-state index in [1.165, 1.54) is 0 Å². The van der Waals surface area contributed by atoms with Gasteiger partial charge in [-0.25, -0.2) is 0 Å². The van der Waals surface area contributed by atoms with Crippen LogP contribution in [-0.2, 0) is 0 Å². The maximum atomic E-state index is 9.60. The van der Waals surface area contributed by atoms with Crippen molar-refractivity contribution in [2.75, 3.05) is 5.73 Å². The van der Waals surface area contributed by atoms with Crippen molar-refractivity contribution in [1.82, 2.24) is 0 Å². The Morgan fingerprint density at radius 3 is 2.50 bits per heavy atom. The number of fused-ring (bicyclic) bond motifs is 1. The van der Waals surface area contributed by atoms with E-state index in [4.69, 9.17) is 17.3 Å². The van der Waals surface area contributed by atoms with Crippen molar-refractivity contribution in [1.29, 1.82) is 0 Å². The van der Waals surface area contributed by atoms with Gasteiger partial charge in [0.1, 0.15) is 5.75 Å². The monoisotopic (exact) mass is 229 g/mol. The van der Waals surface area contributed by atoms with Crippen molar-refractivity contribution >= 4 is 40.5 Å². The van der Waals surface area contributed by atoms with Crippen molar-refractivity contribution < 1.29 is 5.11 Å². The highest BCUT2D eigenvalue weighted by molar-refractivity contribution is 6.33. The number of nitrogen functional groups attached to an aromatic ring is 1. The van der Waals surface area contributed by atoms with E-state index in [9.17, 15) is 5.11 Å². The van der Waals surface area contributed by atoms with Crippen LogP contribution in [0.15, 0.2) is 30.3 Å². The Morgan fingerprint density at radius 1 is 1.07 bits per heavy atom. The van der Waals surface area contributed by atoms with Crippen LogP contribution in [0.5, 0.6) is 5.75 Å². The number of halogens is 2. The summed E-state index contributed by atoms with van der Waals surface area (Å²) in [5, 5.41) is 11.5. The van der Waals surface area contributed by atoms with Gasteiger partial charge in [-0.05, 0) is 12.1 Å². The van der Waals surface area contributed by atoms with Crippen molar-refractivity contribution in [2.24, 2.45) is 0 Å². The second-order valence-corrected chi connectivity index (χ2v) is 3.25. The molecule has 0 aliphatic carbocycles. The highest BCUT2D eigenvalue weighted by Gasteiger charge is 2.05. The van der Waals surface area contributed by atoms with Gasteiger partial charge in [0.2, 0.25) is 0 Å². The molecule has 0 unspecified atom stereocenters. The van der Waals surface area contributed by atoms with Crippen LogP contribution in [0.4, 0.5) is 5.69 Å².